The third kappa shape index (κ3) is 4.82. The molecule has 2 saturated heterocycles. The lowest BCUT2D eigenvalue weighted by Gasteiger charge is -2.50. The van der Waals surface area contributed by atoms with Gasteiger partial charge in [-0.25, -0.2) is 4.79 Å². The Morgan fingerprint density at radius 2 is 1.92 bits per heavy atom. The summed E-state index contributed by atoms with van der Waals surface area (Å²) in [6, 6.07) is 8.84. The zero-order chi connectivity index (χ0) is 25.2. The number of β-lactam (4-membered cyclic amide) rings is 1. The van der Waals surface area contributed by atoms with Crippen LogP contribution in [0.25, 0.3) is 0 Å². The van der Waals surface area contributed by atoms with Gasteiger partial charge in [0.15, 0.2) is 5.70 Å². The molecule has 0 aliphatic carbocycles. The van der Waals surface area contributed by atoms with Crippen molar-refractivity contribution in [3.8, 4) is 0 Å². The predicted molar refractivity (Wildman–Crippen MR) is 134 cm³/mol. The Morgan fingerprint density at radius 1 is 1.17 bits per heavy atom. The van der Waals surface area contributed by atoms with Crippen LogP contribution in [-0.2, 0) is 32.1 Å². The molecule has 188 valence electrons. The molecule has 1 unspecified atom stereocenters. The van der Waals surface area contributed by atoms with Gasteiger partial charge in [0.25, 0.3) is 11.6 Å². The Balaban J connectivity index is 1.30. The first-order chi connectivity index (χ1) is 17.4. The number of fused-ring (bicyclic) bond motifs is 1. The number of nitrogens with zero attached hydrogens (tertiary/aromatic N) is 3. The van der Waals surface area contributed by atoms with E-state index in [1.165, 1.54) is 52.3 Å². The van der Waals surface area contributed by atoms with Gasteiger partial charge in [-0.1, -0.05) is 6.07 Å². The number of carbonyl (C=O) groups excluding carboxylic acids is 3. The molecule has 3 aliphatic heterocycles. The molecule has 0 saturated carbocycles. The van der Waals surface area contributed by atoms with Crippen molar-refractivity contribution in [1.82, 2.24) is 15.1 Å². The summed E-state index contributed by atoms with van der Waals surface area (Å²) in [6.45, 7) is 1.54. The van der Waals surface area contributed by atoms with Gasteiger partial charge >= 0.3 is 5.97 Å². The minimum absolute atomic E-state index is 0.0467. The number of amides is 2. The number of nitro groups is 1. The van der Waals surface area contributed by atoms with E-state index in [0.29, 0.717) is 11.3 Å². The molecule has 12 heteroatoms. The van der Waals surface area contributed by atoms with E-state index in [1.54, 1.807) is 0 Å². The fourth-order valence-corrected chi connectivity index (χ4v) is 6.64. The molecule has 1 N–H and O–H groups in total. The highest BCUT2D eigenvalue weighted by Crippen LogP contribution is 2.42. The average molecular weight is 529 g/mol. The number of esters is 1. The van der Waals surface area contributed by atoms with Gasteiger partial charge in [0.05, 0.1) is 17.0 Å². The van der Waals surface area contributed by atoms with Crippen LogP contribution >= 0.6 is 23.1 Å². The van der Waals surface area contributed by atoms with Crippen molar-refractivity contribution in [2.45, 2.75) is 37.3 Å². The van der Waals surface area contributed by atoms with E-state index in [1.807, 2.05) is 17.5 Å². The van der Waals surface area contributed by atoms with Crippen molar-refractivity contribution in [2.75, 3.05) is 18.8 Å². The van der Waals surface area contributed by atoms with Crippen LogP contribution in [0, 0.1) is 10.1 Å². The van der Waals surface area contributed by atoms with Gasteiger partial charge in [-0.15, -0.1) is 23.1 Å². The van der Waals surface area contributed by atoms with E-state index in [2.05, 4.69) is 10.2 Å². The third-order valence-electron chi connectivity index (χ3n) is 6.38. The van der Waals surface area contributed by atoms with Crippen LogP contribution in [0.5, 0.6) is 0 Å². The number of rotatable bonds is 8. The minimum Gasteiger partial charge on any atom is -0.456 e. The van der Waals surface area contributed by atoms with Crippen molar-refractivity contribution in [3.05, 3.63) is 73.7 Å². The summed E-state index contributed by atoms with van der Waals surface area (Å²) in [5, 5.41) is 15.2. The normalized spacial score (nSPS) is 21.2. The Bertz CT molecular complexity index is 1210. The molecule has 0 spiro atoms. The lowest BCUT2D eigenvalue weighted by molar-refractivity contribution is -0.384. The quantitative estimate of drug-likeness (QED) is 0.240. The van der Waals surface area contributed by atoms with Crippen molar-refractivity contribution >= 4 is 46.6 Å². The third-order valence-corrected chi connectivity index (χ3v) is 8.52. The monoisotopic (exact) mass is 528 g/mol. The van der Waals surface area contributed by atoms with Crippen LogP contribution in [-0.4, -0.2) is 62.8 Å². The molecule has 10 nitrogen and oxygen atoms in total. The first kappa shape index (κ1) is 24.3. The highest BCUT2D eigenvalue weighted by atomic mass is 32.2. The molecular weight excluding hydrogens is 504 g/mol. The maximum Gasteiger partial charge on any atom is 0.357 e. The van der Waals surface area contributed by atoms with Crippen molar-refractivity contribution in [1.29, 1.82) is 0 Å². The van der Waals surface area contributed by atoms with E-state index in [4.69, 9.17) is 4.74 Å². The summed E-state index contributed by atoms with van der Waals surface area (Å²) in [5.74, 6) is -0.635. The van der Waals surface area contributed by atoms with Gasteiger partial charge in [0, 0.05) is 35.9 Å². The Labute approximate surface area is 215 Å². The molecule has 1 aromatic carbocycles. The summed E-state index contributed by atoms with van der Waals surface area (Å²) in [5.41, 5.74) is 1.57. The maximum absolute atomic E-state index is 13.3. The summed E-state index contributed by atoms with van der Waals surface area (Å²) >= 11 is 3.01. The molecule has 3 aliphatic rings. The topological polar surface area (TPSA) is 122 Å². The smallest absolute Gasteiger partial charge is 0.357 e. The first-order valence-corrected chi connectivity index (χ1v) is 13.5. The molecule has 5 rings (SSSR count). The van der Waals surface area contributed by atoms with Crippen LogP contribution in [0.4, 0.5) is 5.69 Å². The predicted octanol–water partition coefficient (Wildman–Crippen LogP) is 2.65. The molecule has 4 heterocycles. The second-order valence-electron chi connectivity index (χ2n) is 8.70. The highest BCUT2D eigenvalue weighted by molar-refractivity contribution is 8.00. The Morgan fingerprint density at radius 3 is 2.58 bits per heavy atom. The number of ether oxygens (including phenoxy) is 1. The van der Waals surface area contributed by atoms with Crippen LogP contribution in [0.15, 0.2) is 53.2 Å². The molecule has 2 aromatic rings. The zero-order valence-electron chi connectivity index (χ0n) is 19.3. The van der Waals surface area contributed by atoms with Gasteiger partial charge in [0.2, 0.25) is 5.91 Å². The fourth-order valence-electron chi connectivity index (χ4n) is 4.55. The molecule has 1 aromatic heterocycles. The second kappa shape index (κ2) is 10.3. The number of carbonyl (C=O) groups is 3. The number of likely N-dealkylation sites (tertiary alicyclic amines) is 1. The number of thiophene rings is 1. The highest BCUT2D eigenvalue weighted by Gasteiger charge is 2.55. The van der Waals surface area contributed by atoms with Gasteiger partial charge in [0.1, 0.15) is 18.0 Å². The van der Waals surface area contributed by atoms with E-state index in [0.717, 1.165) is 36.5 Å². The van der Waals surface area contributed by atoms with Crippen LogP contribution in [0.2, 0.25) is 0 Å². The van der Waals surface area contributed by atoms with E-state index < -0.39 is 16.9 Å². The molecule has 2 amide bonds. The van der Waals surface area contributed by atoms with E-state index >= 15 is 0 Å². The van der Waals surface area contributed by atoms with Gasteiger partial charge < -0.3 is 15.0 Å². The number of hydrogen-bond donors (Lipinski definition) is 1. The lowest BCUT2D eigenvalue weighted by atomic mass is 10.0. The second-order valence-corrected chi connectivity index (χ2v) is 10.8. The van der Waals surface area contributed by atoms with Crippen LogP contribution in [0.1, 0.15) is 23.3 Å². The average Bonchev–Trinajstić information content (AvgIpc) is 3.60. The number of non-ortho nitro benzene ring substituents is 1. The van der Waals surface area contributed by atoms with E-state index in [9.17, 15) is 24.5 Å². The maximum atomic E-state index is 13.3. The number of thioether (sulfide) groups is 1. The van der Waals surface area contributed by atoms with Crippen molar-refractivity contribution < 1.29 is 24.0 Å². The number of nitro benzene ring substituents is 1. The zero-order valence-corrected chi connectivity index (χ0v) is 20.9. The molecule has 2 atom stereocenters. The number of benzene rings is 1. The number of hydrogen-bond acceptors (Lipinski definition) is 9. The summed E-state index contributed by atoms with van der Waals surface area (Å²) in [6.07, 6.45) is 2.23. The molecule has 0 bridgehead atoms. The Hall–Kier alpha value is -3.38. The molecule has 2 fully saturated rings. The van der Waals surface area contributed by atoms with Gasteiger partial charge in [-0.2, -0.15) is 0 Å². The Kier molecular flexibility index (Phi) is 6.97. The first-order valence-electron chi connectivity index (χ1n) is 11.6. The standard InChI is InChI=1S/C24H24N4O6S2/c29-19(12-17-4-3-11-35-17)25-20-22(30)27-21(18(14-36-23(20)27)26-9-1-2-10-26)24(31)34-13-15-5-7-16(8-6-15)28(32)33/h3-8,11,20,23H,1-2,9-10,12-14H2,(H,25,29)/t20?,23-/m1/s1. The SMILES string of the molecule is O=C(Cc1cccs1)NC1C(=O)N2C(C(=O)OCc3ccc([N+](=O)[O-])cc3)=C(N3CCCC3)CS[C@H]12. The lowest BCUT2D eigenvalue weighted by Crippen LogP contribution is -2.71. The molecular formula is C24H24N4O6S2. The number of nitrogens with one attached hydrogen (secondary N) is 1. The molecule has 0 radical (unpaired) electrons. The van der Waals surface area contributed by atoms with Gasteiger partial charge in [-0.05, 0) is 42.0 Å². The summed E-state index contributed by atoms with van der Waals surface area (Å²) in [4.78, 5) is 53.8. The van der Waals surface area contributed by atoms with Crippen molar-refractivity contribution in [2.24, 2.45) is 0 Å². The largest absolute Gasteiger partial charge is 0.456 e. The van der Waals surface area contributed by atoms with E-state index in [-0.39, 0.29) is 41.6 Å². The summed E-state index contributed by atoms with van der Waals surface area (Å²) < 4.78 is 5.56. The van der Waals surface area contributed by atoms with Crippen LogP contribution in [0.3, 0.4) is 0 Å². The molecule has 36 heavy (non-hydrogen) atoms. The minimum atomic E-state index is -0.694. The fraction of sp³-hybridized carbons (Fsp3) is 0.375. The van der Waals surface area contributed by atoms with Gasteiger partial charge in [-0.3, -0.25) is 24.6 Å². The van der Waals surface area contributed by atoms with Crippen LogP contribution < -0.4 is 5.32 Å². The van der Waals surface area contributed by atoms with Crippen molar-refractivity contribution in [3.63, 3.8) is 0 Å². The summed E-state index contributed by atoms with van der Waals surface area (Å²) in [7, 11) is 0.